The van der Waals surface area contributed by atoms with Crippen molar-refractivity contribution >= 4 is 38.9 Å². The van der Waals surface area contributed by atoms with Crippen LogP contribution in [-0.2, 0) is 9.53 Å². The van der Waals surface area contributed by atoms with Crippen LogP contribution in [-0.4, -0.2) is 59.9 Å². The highest BCUT2D eigenvalue weighted by Crippen LogP contribution is 2.55. The van der Waals surface area contributed by atoms with Crippen LogP contribution in [0.5, 0.6) is 28.7 Å². The number of hydrogen-bond acceptors (Lipinski definition) is 7. The van der Waals surface area contributed by atoms with Gasteiger partial charge in [0.05, 0.1) is 42.9 Å². The molecule has 1 rings (SSSR count). The number of hydrogen-bond donors (Lipinski definition) is 0. The van der Waals surface area contributed by atoms with E-state index in [0.29, 0.717) is 46.6 Å². The van der Waals surface area contributed by atoms with Gasteiger partial charge in [-0.05, 0) is 57.2 Å². The summed E-state index contributed by atoms with van der Waals surface area (Å²) >= 11 is 0. The SMILES string of the molecule is CC[Si](C)(C)Oc1c(O[Si](C)(C)C)c(/C=C/C(=O)OC([Si])CC(C)C)c(OC)c(OC)c1OC. The van der Waals surface area contributed by atoms with Gasteiger partial charge in [-0.2, -0.15) is 0 Å². The number of carbonyl (C=O) groups is 1. The second-order valence-corrected chi connectivity index (χ2v) is 19.5. The molecule has 0 spiro atoms. The molecule has 0 aliphatic heterocycles. The van der Waals surface area contributed by atoms with E-state index in [4.69, 9.17) is 27.8 Å². The molecule has 0 bridgehead atoms. The maximum atomic E-state index is 12.5. The molecule has 1 aromatic rings. The van der Waals surface area contributed by atoms with Crippen LogP contribution in [0.1, 0.15) is 32.8 Å². The first-order valence-electron chi connectivity index (χ1n) is 11.5. The van der Waals surface area contributed by atoms with Gasteiger partial charge in [0.25, 0.3) is 0 Å². The van der Waals surface area contributed by atoms with Gasteiger partial charge in [-0.15, -0.1) is 0 Å². The molecule has 0 aliphatic rings. The van der Waals surface area contributed by atoms with Gasteiger partial charge in [0, 0.05) is 6.08 Å². The summed E-state index contributed by atoms with van der Waals surface area (Å²) in [4.78, 5) is 12.5. The molecular formula is C24H41O7Si3. The monoisotopic (exact) mass is 525 g/mol. The van der Waals surface area contributed by atoms with E-state index in [9.17, 15) is 4.79 Å². The van der Waals surface area contributed by atoms with E-state index < -0.39 is 22.6 Å². The van der Waals surface area contributed by atoms with Crippen LogP contribution >= 0.6 is 0 Å². The molecule has 1 unspecified atom stereocenters. The third kappa shape index (κ3) is 8.70. The first kappa shape index (κ1) is 30.1. The average Bonchev–Trinajstić information content (AvgIpc) is 2.71. The van der Waals surface area contributed by atoms with E-state index >= 15 is 0 Å². The Kier molecular flexibility index (Phi) is 11.2. The highest BCUT2D eigenvalue weighted by molar-refractivity contribution is 6.72. The van der Waals surface area contributed by atoms with Crippen LogP contribution in [0.4, 0.5) is 0 Å². The van der Waals surface area contributed by atoms with Gasteiger partial charge in [0.15, 0.2) is 17.2 Å². The summed E-state index contributed by atoms with van der Waals surface area (Å²) < 4.78 is 35.7. The smallest absolute Gasteiger partial charge is 0.330 e. The summed E-state index contributed by atoms with van der Waals surface area (Å²) in [7, 11) is 3.87. The van der Waals surface area contributed by atoms with E-state index in [1.54, 1.807) is 13.2 Å². The largest absolute Gasteiger partial charge is 0.541 e. The lowest BCUT2D eigenvalue weighted by Crippen LogP contribution is -2.35. The first-order chi connectivity index (χ1) is 15.7. The summed E-state index contributed by atoms with van der Waals surface area (Å²) in [5.41, 5.74) is 0.155. The molecule has 3 radical (unpaired) electrons. The molecule has 34 heavy (non-hydrogen) atoms. The Bertz CT molecular complexity index is 861. The summed E-state index contributed by atoms with van der Waals surface area (Å²) in [5, 5.41) is 0. The third-order valence-electron chi connectivity index (χ3n) is 4.89. The van der Waals surface area contributed by atoms with Crippen LogP contribution in [0.2, 0.25) is 38.8 Å². The first-order valence-corrected chi connectivity index (χ1v) is 18.6. The topological polar surface area (TPSA) is 72.5 Å². The molecule has 0 aliphatic carbocycles. The second-order valence-electron chi connectivity index (χ2n) is 9.99. The minimum atomic E-state index is -2.12. The fourth-order valence-electron chi connectivity index (χ4n) is 3.04. The van der Waals surface area contributed by atoms with Crippen molar-refractivity contribution < 1.29 is 32.6 Å². The highest BCUT2D eigenvalue weighted by atomic mass is 28.4. The molecule has 0 N–H and O–H groups in total. The highest BCUT2D eigenvalue weighted by Gasteiger charge is 2.34. The van der Waals surface area contributed by atoms with Crippen LogP contribution in [0.3, 0.4) is 0 Å². The Hall–Kier alpha value is -1.92. The van der Waals surface area contributed by atoms with Gasteiger partial charge >= 0.3 is 5.97 Å². The number of esters is 1. The zero-order valence-electron chi connectivity index (χ0n) is 22.6. The molecule has 0 amide bonds. The number of rotatable bonds is 13. The molecule has 10 heteroatoms. The predicted octanol–water partition coefficient (Wildman–Crippen LogP) is 5.63. The van der Waals surface area contributed by atoms with Gasteiger partial charge in [0.2, 0.25) is 28.1 Å². The van der Waals surface area contributed by atoms with Gasteiger partial charge in [-0.3, -0.25) is 0 Å². The summed E-state index contributed by atoms with van der Waals surface area (Å²) in [6.07, 6.45) is 3.69. The minimum Gasteiger partial charge on any atom is -0.541 e. The van der Waals surface area contributed by atoms with Crippen LogP contribution in [0.25, 0.3) is 6.08 Å². The van der Waals surface area contributed by atoms with Crippen molar-refractivity contribution in [3.8, 4) is 28.7 Å². The normalized spacial score (nSPS) is 13.1. The molecular weight excluding hydrogens is 485 g/mol. The Labute approximate surface area is 210 Å². The fourth-order valence-corrected chi connectivity index (χ4v) is 5.32. The van der Waals surface area contributed by atoms with Gasteiger partial charge in [-0.25, -0.2) is 4.79 Å². The third-order valence-corrected chi connectivity index (χ3v) is 8.52. The second kappa shape index (κ2) is 12.7. The molecule has 0 saturated carbocycles. The number of methoxy groups -OCH3 is 3. The van der Waals surface area contributed by atoms with Crippen LogP contribution in [0, 0.1) is 5.92 Å². The summed E-state index contributed by atoms with van der Waals surface area (Å²) in [6, 6.07) is 0.886. The van der Waals surface area contributed by atoms with Crippen LogP contribution in [0.15, 0.2) is 6.08 Å². The number of benzene rings is 1. The molecule has 191 valence electrons. The quantitative estimate of drug-likeness (QED) is 0.188. The van der Waals surface area contributed by atoms with Crippen molar-refractivity contribution in [3.05, 3.63) is 11.6 Å². The summed E-state index contributed by atoms with van der Waals surface area (Å²) in [5.74, 6) is 2.00. The molecule has 1 atom stereocenters. The Morgan fingerprint density at radius 3 is 1.85 bits per heavy atom. The van der Waals surface area contributed by atoms with Gasteiger partial charge in [0.1, 0.15) is 0 Å². The standard InChI is InChI=1S/C24H41O7Si3/c1-12-34(10,11)31-24-21(30-33(7,8)9)17(20(26-4)22(27-5)23(24)28-6)13-14-18(25)29-19(32)15-16(2)3/h13-14,16,19H,12,15H2,1-11H3/b14-13+. The van der Waals surface area contributed by atoms with E-state index in [-0.39, 0.29) is 5.73 Å². The molecule has 0 heterocycles. The van der Waals surface area contributed by atoms with Gasteiger partial charge < -0.3 is 27.8 Å². The fraction of sp³-hybridized carbons (Fsp3) is 0.625. The number of ether oxygens (including phenoxy) is 4. The van der Waals surface area contributed by atoms with Crippen molar-refractivity contribution in [2.24, 2.45) is 5.92 Å². The van der Waals surface area contributed by atoms with Crippen molar-refractivity contribution in [2.75, 3.05) is 21.3 Å². The lowest BCUT2D eigenvalue weighted by atomic mass is 10.1. The van der Waals surface area contributed by atoms with E-state index in [1.807, 2.05) is 0 Å². The molecule has 0 aromatic heterocycles. The lowest BCUT2D eigenvalue weighted by Gasteiger charge is -2.31. The minimum absolute atomic E-state index is 0.370. The Morgan fingerprint density at radius 1 is 0.882 bits per heavy atom. The van der Waals surface area contributed by atoms with Crippen LogP contribution < -0.4 is 23.1 Å². The van der Waals surface area contributed by atoms with Crippen molar-refractivity contribution in [1.82, 2.24) is 0 Å². The number of carbonyl (C=O) groups excluding carboxylic acids is 1. The van der Waals surface area contributed by atoms with E-state index in [2.05, 4.69) is 63.7 Å². The van der Waals surface area contributed by atoms with E-state index in [1.165, 1.54) is 20.3 Å². The molecule has 0 fully saturated rings. The summed E-state index contributed by atoms with van der Waals surface area (Å²) in [6.45, 7) is 16.7. The van der Waals surface area contributed by atoms with Crippen molar-refractivity contribution in [1.29, 1.82) is 0 Å². The maximum absolute atomic E-state index is 12.5. The van der Waals surface area contributed by atoms with Crippen molar-refractivity contribution in [2.45, 2.75) is 71.7 Å². The maximum Gasteiger partial charge on any atom is 0.330 e. The Balaban J connectivity index is 3.77. The zero-order valence-corrected chi connectivity index (χ0v) is 25.6. The molecule has 0 saturated heterocycles. The molecule has 7 nitrogen and oxygen atoms in total. The zero-order chi connectivity index (χ0) is 26.3. The lowest BCUT2D eigenvalue weighted by molar-refractivity contribution is -0.139. The Morgan fingerprint density at radius 2 is 1.41 bits per heavy atom. The average molecular weight is 526 g/mol. The van der Waals surface area contributed by atoms with Crippen molar-refractivity contribution in [3.63, 3.8) is 0 Å². The van der Waals surface area contributed by atoms with E-state index in [0.717, 1.165) is 6.04 Å². The van der Waals surface area contributed by atoms with Gasteiger partial charge in [-0.1, -0.05) is 20.8 Å². The molecule has 1 aromatic carbocycles. The predicted molar refractivity (Wildman–Crippen MR) is 143 cm³/mol.